The van der Waals surface area contributed by atoms with Crippen LogP contribution in [0.1, 0.15) is 16.8 Å². The lowest BCUT2D eigenvalue weighted by molar-refractivity contribution is -0.131. The van der Waals surface area contributed by atoms with Crippen molar-refractivity contribution in [2.75, 3.05) is 0 Å². The summed E-state index contributed by atoms with van der Waals surface area (Å²) in [5.41, 5.74) is 1.87. The number of hydrogen-bond acceptors (Lipinski definition) is 3. The first-order chi connectivity index (χ1) is 8.19. The lowest BCUT2D eigenvalue weighted by Crippen LogP contribution is -2.45. The fraction of sp³-hybridized carbons (Fsp3) is 0.167. The number of carbonyl (C=O) groups is 2. The van der Waals surface area contributed by atoms with E-state index in [4.69, 9.17) is 11.6 Å². The van der Waals surface area contributed by atoms with Crippen LogP contribution in [0.2, 0.25) is 0 Å². The number of terminal acetylenes is 1. The monoisotopic (exact) mass is 232 g/mol. The highest BCUT2D eigenvalue weighted by atomic mass is 16.5. The number of carbonyl (C=O) groups excluding carboxylic acids is 2. The van der Waals surface area contributed by atoms with Gasteiger partial charge in [0, 0.05) is 12.0 Å². The maximum atomic E-state index is 11.7. The molecular weight excluding hydrogens is 220 g/mol. The van der Waals surface area contributed by atoms with E-state index in [9.17, 15) is 9.59 Å². The van der Waals surface area contributed by atoms with Crippen LogP contribution in [-0.2, 0) is 4.79 Å². The van der Waals surface area contributed by atoms with E-state index in [0.717, 1.165) is 0 Å². The van der Waals surface area contributed by atoms with Crippen molar-refractivity contribution in [1.29, 1.82) is 0 Å². The Hall–Kier alpha value is -2.32. The summed E-state index contributed by atoms with van der Waals surface area (Å²) in [4.78, 5) is 22.9. The molecule has 0 aliphatic rings. The Morgan fingerprint density at radius 3 is 2.53 bits per heavy atom. The number of hydrogen-bond donors (Lipinski definition) is 3. The van der Waals surface area contributed by atoms with Gasteiger partial charge in [-0.3, -0.25) is 14.8 Å². The summed E-state index contributed by atoms with van der Waals surface area (Å²) >= 11 is 0. The van der Waals surface area contributed by atoms with Gasteiger partial charge < -0.3 is 5.32 Å². The molecule has 0 spiro atoms. The van der Waals surface area contributed by atoms with E-state index < -0.39 is 17.9 Å². The molecule has 0 aromatic heterocycles. The number of rotatable bonds is 4. The maximum Gasteiger partial charge on any atom is 0.266 e. The summed E-state index contributed by atoms with van der Waals surface area (Å²) in [7, 11) is 0. The molecule has 0 unspecified atom stereocenters. The Labute approximate surface area is 98.8 Å². The van der Waals surface area contributed by atoms with E-state index in [0.29, 0.717) is 5.56 Å². The minimum Gasteiger partial charge on any atom is -0.339 e. The fourth-order valence-electron chi connectivity index (χ4n) is 1.24. The normalized spacial score (nSPS) is 11.1. The quantitative estimate of drug-likeness (QED) is 0.397. The van der Waals surface area contributed by atoms with Crippen LogP contribution in [0.5, 0.6) is 0 Å². The van der Waals surface area contributed by atoms with E-state index in [1.807, 2.05) is 0 Å². The molecule has 0 fully saturated rings. The van der Waals surface area contributed by atoms with Crippen molar-refractivity contribution in [3.05, 3.63) is 35.9 Å². The Morgan fingerprint density at radius 2 is 2.00 bits per heavy atom. The zero-order valence-electron chi connectivity index (χ0n) is 9.01. The largest absolute Gasteiger partial charge is 0.339 e. The summed E-state index contributed by atoms with van der Waals surface area (Å²) in [6.07, 6.45) is 5.08. The van der Waals surface area contributed by atoms with Crippen LogP contribution < -0.4 is 10.8 Å². The van der Waals surface area contributed by atoms with Crippen LogP contribution >= 0.6 is 0 Å². The highest BCUT2D eigenvalue weighted by Crippen LogP contribution is 2.00. The second-order valence-electron chi connectivity index (χ2n) is 3.28. The van der Waals surface area contributed by atoms with E-state index in [1.54, 1.807) is 30.3 Å². The molecule has 5 heteroatoms. The van der Waals surface area contributed by atoms with E-state index in [2.05, 4.69) is 11.2 Å². The molecule has 0 bridgehead atoms. The molecule has 0 heterocycles. The van der Waals surface area contributed by atoms with Gasteiger partial charge in [-0.2, -0.15) is 0 Å². The molecule has 0 aliphatic heterocycles. The highest BCUT2D eigenvalue weighted by Gasteiger charge is 2.19. The predicted octanol–water partition coefficient (Wildman–Crippen LogP) is 0.314. The van der Waals surface area contributed by atoms with Crippen molar-refractivity contribution in [1.82, 2.24) is 10.8 Å². The SMILES string of the molecule is C#CC[C@H](NC(=O)c1ccccc1)C(=O)NO. The predicted molar refractivity (Wildman–Crippen MR) is 61.1 cm³/mol. The molecule has 0 radical (unpaired) electrons. The number of benzene rings is 1. The molecule has 2 amide bonds. The lowest BCUT2D eigenvalue weighted by atomic mass is 10.1. The molecule has 17 heavy (non-hydrogen) atoms. The van der Waals surface area contributed by atoms with Crippen LogP contribution in [0.4, 0.5) is 0 Å². The van der Waals surface area contributed by atoms with Gasteiger partial charge in [-0.05, 0) is 12.1 Å². The topological polar surface area (TPSA) is 78.4 Å². The maximum absolute atomic E-state index is 11.7. The van der Waals surface area contributed by atoms with Gasteiger partial charge >= 0.3 is 0 Å². The molecule has 1 aromatic rings. The lowest BCUT2D eigenvalue weighted by Gasteiger charge is -2.14. The van der Waals surface area contributed by atoms with Crippen LogP contribution in [0.15, 0.2) is 30.3 Å². The molecular formula is C12H12N2O3. The van der Waals surface area contributed by atoms with Crippen molar-refractivity contribution in [2.45, 2.75) is 12.5 Å². The fourth-order valence-corrected chi connectivity index (χ4v) is 1.24. The third-order valence-corrected chi connectivity index (χ3v) is 2.09. The average Bonchev–Trinajstić information content (AvgIpc) is 2.38. The molecule has 0 saturated heterocycles. The first kappa shape index (κ1) is 12.7. The Morgan fingerprint density at radius 1 is 1.35 bits per heavy atom. The summed E-state index contributed by atoms with van der Waals surface area (Å²) in [5, 5.41) is 10.9. The number of hydroxylamine groups is 1. The molecule has 0 saturated carbocycles. The summed E-state index contributed by atoms with van der Waals surface area (Å²) in [5.74, 6) is 1.09. The van der Waals surface area contributed by atoms with E-state index in [-0.39, 0.29) is 6.42 Å². The molecule has 0 aliphatic carbocycles. The van der Waals surface area contributed by atoms with Gasteiger partial charge in [0.25, 0.3) is 11.8 Å². The standard InChI is InChI=1S/C12H12N2O3/c1-2-6-10(12(16)14-17)13-11(15)9-7-4-3-5-8-9/h1,3-5,7-8,10,17H,6H2,(H,13,15)(H,14,16)/t10-/m0/s1. The Balaban J connectivity index is 2.72. The molecule has 1 rings (SSSR count). The van der Waals surface area contributed by atoms with Crippen LogP contribution in [-0.4, -0.2) is 23.1 Å². The summed E-state index contributed by atoms with van der Waals surface area (Å²) < 4.78 is 0. The van der Waals surface area contributed by atoms with Gasteiger partial charge in [-0.1, -0.05) is 18.2 Å². The zero-order chi connectivity index (χ0) is 12.7. The van der Waals surface area contributed by atoms with Crippen molar-refractivity contribution in [2.24, 2.45) is 0 Å². The molecule has 5 nitrogen and oxygen atoms in total. The van der Waals surface area contributed by atoms with Crippen LogP contribution in [0, 0.1) is 12.3 Å². The van der Waals surface area contributed by atoms with Gasteiger partial charge in [-0.25, -0.2) is 5.48 Å². The first-order valence-corrected chi connectivity index (χ1v) is 4.92. The van der Waals surface area contributed by atoms with E-state index in [1.165, 1.54) is 5.48 Å². The van der Waals surface area contributed by atoms with Crippen molar-refractivity contribution >= 4 is 11.8 Å². The minimum absolute atomic E-state index is 0.00493. The molecule has 3 N–H and O–H groups in total. The first-order valence-electron chi connectivity index (χ1n) is 4.92. The van der Waals surface area contributed by atoms with Gasteiger partial charge in [0.2, 0.25) is 0 Å². The van der Waals surface area contributed by atoms with Crippen molar-refractivity contribution < 1.29 is 14.8 Å². The summed E-state index contributed by atoms with van der Waals surface area (Å²) in [6.45, 7) is 0. The third kappa shape index (κ3) is 3.63. The molecule has 1 atom stereocenters. The molecule has 88 valence electrons. The minimum atomic E-state index is -0.947. The molecule has 1 aromatic carbocycles. The van der Waals surface area contributed by atoms with Gasteiger partial charge in [0.1, 0.15) is 6.04 Å². The van der Waals surface area contributed by atoms with Gasteiger partial charge in [0.05, 0.1) is 0 Å². The van der Waals surface area contributed by atoms with Gasteiger partial charge in [-0.15, -0.1) is 12.3 Å². The average molecular weight is 232 g/mol. The smallest absolute Gasteiger partial charge is 0.266 e. The zero-order valence-corrected chi connectivity index (χ0v) is 9.01. The number of nitrogens with one attached hydrogen (secondary N) is 2. The second-order valence-corrected chi connectivity index (χ2v) is 3.28. The van der Waals surface area contributed by atoms with Gasteiger partial charge in [0.15, 0.2) is 0 Å². The number of amides is 2. The second kappa shape index (κ2) is 6.30. The highest BCUT2D eigenvalue weighted by molar-refractivity contribution is 5.97. The van der Waals surface area contributed by atoms with Crippen molar-refractivity contribution in [3.63, 3.8) is 0 Å². The Bertz CT molecular complexity index is 437. The summed E-state index contributed by atoms with van der Waals surface area (Å²) in [6, 6.07) is 7.46. The van der Waals surface area contributed by atoms with E-state index >= 15 is 0 Å². The van der Waals surface area contributed by atoms with Crippen LogP contribution in [0.25, 0.3) is 0 Å². The van der Waals surface area contributed by atoms with Crippen LogP contribution in [0.3, 0.4) is 0 Å². The third-order valence-electron chi connectivity index (χ3n) is 2.09. The Kier molecular flexibility index (Phi) is 4.73. The van der Waals surface area contributed by atoms with Crippen molar-refractivity contribution in [3.8, 4) is 12.3 Å².